The summed E-state index contributed by atoms with van der Waals surface area (Å²) in [5.74, 6) is 1.02. The van der Waals surface area contributed by atoms with E-state index in [2.05, 4.69) is 27.7 Å². The molecule has 0 heterocycles. The molecular weight excluding hydrogens is 212 g/mol. The van der Waals surface area contributed by atoms with Crippen LogP contribution in [-0.4, -0.2) is 19.0 Å². The Morgan fingerprint density at radius 2 is 1.71 bits per heavy atom. The summed E-state index contributed by atoms with van der Waals surface area (Å²) in [6.45, 7) is 9.24. The molecule has 2 nitrogen and oxygen atoms in total. The first kappa shape index (κ1) is 13.9. The lowest BCUT2D eigenvalue weighted by atomic mass is 10.0. The molecule has 0 atom stereocenters. The second-order valence-corrected chi connectivity index (χ2v) is 5.11. The molecule has 0 saturated heterocycles. The molecule has 0 radical (unpaired) electrons. The molecule has 0 bridgehead atoms. The number of benzene rings is 1. The zero-order valence-electron chi connectivity index (χ0n) is 11.2. The van der Waals surface area contributed by atoms with Crippen molar-refractivity contribution in [1.29, 1.82) is 0 Å². The molecule has 0 saturated carbocycles. The van der Waals surface area contributed by atoms with Crippen LogP contribution in [0.3, 0.4) is 0 Å². The second-order valence-electron chi connectivity index (χ2n) is 5.11. The van der Waals surface area contributed by atoms with Gasteiger partial charge < -0.3 is 4.74 Å². The van der Waals surface area contributed by atoms with Crippen molar-refractivity contribution in [2.45, 2.75) is 33.6 Å². The van der Waals surface area contributed by atoms with E-state index in [0.29, 0.717) is 18.4 Å². The normalized spacial score (nSPS) is 11.2. The van der Waals surface area contributed by atoms with Gasteiger partial charge in [0.15, 0.2) is 5.78 Å². The third-order valence-electron chi connectivity index (χ3n) is 2.58. The van der Waals surface area contributed by atoms with Crippen LogP contribution in [0.15, 0.2) is 24.3 Å². The topological polar surface area (TPSA) is 26.3 Å². The van der Waals surface area contributed by atoms with E-state index in [0.717, 1.165) is 5.56 Å². The monoisotopic (exact) mass is 234 g/mol. The quantitative estimate of drug-likeness (QED) is 0.702. The van der Waals surface area contributed by atoms with E-state index in [1.54, 1.807) is 0 Å². The SMILES string of the molecule is CC(C)COCC(=O)c1ccc(C(C)C)cc1. The molecule has 1 aromatic carbocycles. The summed E-state index contributed by atoms with van der Waals surface area (Å²) in [7, 11) is 0. The van der Waals surface area contributed by atoms with E-state index in [-0.39, 0.29) is 12.4 Å². The molecule has 1 aromatic rings. The lowest BCUT2D eigenvalue weighted by molar-refractivity contribution is 0.0705. The minimum Gasteiger partial charge on any atom is -0.373 e. The molecular formula is C15H22O2. The first-order chi connectivity index (χ1) is 8.00. The Bertz CT molecular complexity index is 350. The van der Waals surface area contributed by atoms with Gasteiger partial charge in [0, 0.05) is 12.2 Å². The molecule has 94 valence electrons. The molecule has 17 heavy (non-hydrogen) atoms. The Kier molecular flexibility index (Phi) is 5.36. The van der Waals surface area contributed by atoms with E-state index >= 15 is 0 Å². The lowest BCUT2D eigenvalue weighted by Gasteiger charge is -2.08. The van der Waals surface area contributed by atoms with E-state index in [4.69, 9.17) is 4.74 Å². The smallest absolute Gasteiger partial charge is 0.188 e. The standard InChI is InChI=1S/C15H22O2/c1-11(2)9-17-10-15(16)14-7-5-13(6-8-14)12(3)4/h5-8,11-12H,9-10H2,1-4H3. The molecule has 0 aliphatic rings. The van der Waals surface area contributed by atoms with Gasteiger partial charge in [0.25, 0.3) is 0 Å². The van der Waals surface area contributed by atoms with Gasteiger partial charge in [-0.15, -0.1) is 0 Å². The zero-order valence-corrected chi connectivity index (χ0v) is 11.2. The summed E-state index contributed by atoms with van der Waals surface area (Å²) in [4.78, 5) is 11.8. The van der Waals surface area contributed by atoms with E-state index in [1.807, 2.05) is 24.3 Å². The number of hydrogen-bond donors (Lipinski definition) is 0. The largest absolute Gasteiger partial charge is 0.373 e. The Balaban J connectivity index is 2.52. The number of Topliss-reactive ketones (excluding diaryl/α,β-unsaturated/α-hetero) is 1. The van der Waals surface area contributed by atoms with Crippen molar-refractivity contribution in [3.8, 4) is 0 Å². The molecule has 0 fully saturated rings. The van der Waals surface area contributed by atoms with Crippen LogP contribution in [0.5, 0.6) is 0 Å². The van der Waals surface area contributed by atoms with Crippen LogP contribution in [0, 0.1) is 5.92 Å². The van der Waals surface area contributed by atoms with Gasteiger partial charge in [0.2, 0.25) is 0 Å². The van der Waals surface area contributed by atoms with Crippen molar-refractivity contribution in [2.24, 2.45) is 5.92 Å². The fourth-order valence-electron chi connectivity index (χ4n) is 1.52. The molecule has 0 spiro atoms. The molecule has 0 unspecified atom stereocenters. The van der Waals surface area contributed by atoms with Gasteiger partial charge in [-0.05, 0) is 17.4 Å². The predicted molar refractivity (Wildman–Crippen MR) is 70.5 cm³/mol. The molecule has 0 aromatic heterocycles. The number of carbonyl (C=O) groups is 1. The highest BCUT2D eigenvalue weighted by molar-refractivity contribution is 5.97. The van der Waals surface area contributed by atoms with Crippen molar-refractivity contribution in [1.82, 2.24) is 0 Å². The highest BCUT2D eigenvalue weighted by Gasteiger charge is 2.07. The minimum absolute atomic E-state index is 0.0564. The Hall–Kier alpha value is -1.15. The Labute approximate surface area is 104 Å². The van der Waals surface area contributed by atoms with Gasteiger partial charge in [0.1, 0.15) is 6.61 Å². The van der Waals surface area contributed by atoms with Crippen molar-refractivity contribution < 1.29 is 9.53 Å². The minimum atomic E-state index is 0.0564. The van der Waals surface area contributed by atoms with Gasteiger partial charge >= 0.3 is 0 Å². The zero-order chi connectivity index (χ0) is 12.8. The Morgan fingerprint density at radius 3 is 2.18 bits per heavy atom. The molecule has 1 rings (SSSR count). The van der Waals surface area contributed by atoms with Crippen LogP contribution >= 0.6 is 0 Å². The fourth-order valence-corrected chi connectivity index (χ4v) is 1.52. The maximum absolute atomic E-state index is 11.8. The molecule has 0 aliphatic carbocycles. The first-order valence-electron chi connectivity index (χ1n) is 6.21. The summed E-state index contributed by atoms with van der Waals surface area (Å²) in [5.41, 5.74) is 1.99. The van der Waals surface area contributed by atoms with Crippen LogP contribution in [0.4, 0.5) is 0 Å². The average molecular weight is 234 g/mol. The van der Waals surface area contributed by atoms with Gasteiger partial charge in [-0.2, -0.15) is 0 Å². The molecule has 0 aliphatic heterocycles. The van der Waals surface area contributed by atoms with Gasteiger partial charge in [-0.25, -0.2) is 0 Å². The lowest BCUT2D eigenvalue weighted by Crippen LogP contribution is -2.12. The number of rotatable bonds is 6. The molecule has 0 N–H and O–H groups in total. The van der Waals surface area contributed by atoms with E-state index < -0.39 is 0 Å². The van der Waals surface area contributed by atoms with E-state index in [1.165, 1.54) is 5.56 Å². The van der Waals surface area contributed by atoms with Crippen LogP contribution < -0.4 is 0 Å². The first-order valence-corrected chi connectivity index (χ1v) is 6.21. The predicted octanol–water partition coefficient (Wildman–Crippen LogP) is 3.67. The highest BCUT2D eigenvalue weighted by Crippen LogP contribution is 2.15. The fraction of sp³-hybridized carbons (Fsp3) is 0.533. The average Bonchev–Trinajstić information content (AvgIpc) is 2.28. The number of ketones is 1. The highest BCUT2D eigenvalue weighted by atomic mass is 16.5. The second kappa shape index (κ2) is 6.55. The van der Waals surface area contributed by atoms with Crippen molar-refractivity contribution in [2.75, 3.05) is 13.2 Å². The maximum atomic E-state index is 11.8. The van der Waals surface area contributed by atoms with Crippen LogP contribution in [0.1, 0.15) is 49.5 Å². The molecule has 0 amide bonds. The van der Waals surface area contributed by atoms with Crippen LogP contribution in [0.25, 0.3) is 0 Å². The van der Waals surface area contributed by atoms with Gasteiger partial charge in [0.05, 0.1) is 0 Å². The number of ether oxygens (including phenoxy) is 1. The van der Waals surface area contributed by atoms with Crippen molar-refractivity contribution in [3.05, 3.63) is 35.4 Å². The third-order valence-corrected chi connectivity index (χ3v) is 2.58. The third kappa shape index (κ3) is 4.70. The van der Waals surface area contributed by atoms with Gasteiger partial charge in [-0.1, -0.05) is 52.0 Å². The molecule has 2 heteroatoms. The summed E-state index contributed by atoms with van der Waals surface area (Å²) < 4.78 is 5.34. The van der Waals surface area contributed by atoms with Crippen LogP contribution in [-0.2, 0) is 4.74 Å². The number of carbonyl (C=O) groups excluding carboxylic acids is 1. The summed E-state index contributed by atoms with van der Waals surface area (Å²) >= 11 is 0. The maximum Gasteiger partial charge on any atom is 0.188 e. The van der Waals surface area contributed by atoms with Crippen molar-refractivity contribution in [3.63, 3.8) is 0 Å². The number of hydrogen-bond acceptors (Lipinski definition) is 2. The van der Waals surface area contributed by atoms with Gasteiger partial charge in [-0.3, -0.25) is 4.79 Å². The van der Waals surface area contributed by atoms with Crippen molar-refractivity contribution >= 4 is 5.78 Å². The van der Waals surface area contributed by atoms with E-state index in [9.17, 15) is 4.79 Å². The Morgan fingerprint density at radius 1 is 1.12 bits per heavy atom. The summed E-state index contributed by atoms with van der Waals surface area (Å²) in [5, 5.41) is 0. The summed E-state index contributed by atoms with van der Waals surface area (Å²) in [6, 6.07) is 7.80. The summed E-state index contributed by atoms with van der Waals surface area (Å²) in [6.07, 6.45) is 0. The van der Waals surface area contributed by atoms with Crippen LogP contribution in [0.2, 0.25) is 0 Å².